The summed E-state index contributed by atoms with van der Waals surface area (Å²) >= 11 is 0. The Hall–Kier alpha value is -2.41. The Morgan fingerprint density at radius 1 is 0.808 bits per heavy atom. The molecule has 0 unspecified atom stereocenters. The molecule has 0 atom stereocenters. The average Bonchev–Trinajstić information content (AvgIpc) is 2.70. The number of aromatic nitrogens is 1. The number of nitrogens with zero attached hydrogens (tertiary/aromatic N) is 1. The molecule has 4 rings (SSSR count). The van der Waals surface area contributed by atoms with Crippen LogP contribution in [0, 0.1) is 6.92 Å². The largest absolute Gasteiger partial charge is 0.212 e. The molecule has 0 spiro atoms. The molecule has 2 aromatic carbocycles. The fourth-order valence-electron chi connectivity index (χ4n) is 4.29. The topological polar surface area (TPSA) is 3.88 Å². The van der Waals surface area contributed by atoms with E-state index in [1.54, 1.807) is 0 Å². The van der Waals surface area contributed by atoms with Gasteiger partial charge < -0.3 is 0 Å². The van der Waals surface area contributed by atoms with Crippen molar-refractivity contribution >= 4 is 0 Å². The molecule has 1 aromatic heterocycles. The van der Waals surface area contributed by atoms with E-state index < -0.39 is 0 Å². The van der Waals surface area contributed by atoms with E-state index in [1.807, 2.05) is 0 Å². The van der Waals surface area contributed by atoms with Gasteiger partial charge in [-0.05, 0) is 54.5 Å². The molecular weight excluding hydrogens is 314 g/mol. The van der Waals surface area contributed by atoms with Crippen LogP contribution in [-0.2, 0) is 7.05 Å². The predicted molar refractivity (Wildman–Crippen MR) is 109 cm³/mol. The number of aryl methyl sites for hydroxylation is 2. The Morgan fingerprint density at radius 3 is 2.31 bits per heavy atom. The number of rotatable bonds is 3. The fraction of sp³-hybridized carbons (Fsp3) is 0.320. The van der Waals surface area contributed by atoms with Gasteiger partial charge in [0.05, 0.1) is 0 Å². The molecule has 0 amide bonds. The van der Waals surface area contributed by atoms with Gasteiger partial charge in [-0.25, -0.2) is 4.57 Å². The normalized spacial score (nSPS) is 15.2. The highest BCUT2D eigenvalue weighted by atomic mass is 14.9. The monoisotopic (exact) mass is 342 g/mol. The van der Waals surface area contributed by atoms with Crippen LogP contribution in [0.3, 0.4) is 0 Å². The lowest BCUT2D eigenvalue weighted by molar-refractivity contribution is -0.659. The van der Waals surface area contributed by atoms with Gasteiger partial charge in [0.2, 0.25) is 5.69 Å². The molecule has 0 bridgehead atoms. The van der Waals surface area contributed by atoms with E-state index in [9.17, 15) is 0 Å². The van der Waals surface area contributed by atoms with Crippen LogP contribution >= 0.6 is 0 Å². The van der Waals surface area contributed by atoms with Gasteiger partial charge in [0.15, 0.2) is 6.20 Å². The molecule has 1 heteroatoms. The third-order valence-electron chi connectivity index (χ3n) is 5.85. The summed E-state index contributed by atoms with van der Waals surface area (Å²) in [5, 5.41) is 0. The van der Waals surface area contributed by atoms with Crippen LogP contribution in [0.2, 0.25) is 0 Å². The number of pyridine rings is 1. The zero-order chi connectivity index (χ0) is 17.9. The summed E-state index contributed by atoms with van der Waals surface area (Å²) in [6, 6.07) is 22.2. The maximum Gasteiger partial charge on any atom is 0.212 e. The third-order valence-corrected chi connectivity index (χ3v) is 5.85. The van der Waals surface area contributed by atoms with Crippen molar-refractivity contribution in [3.8, 4) is 22.4 Å². The van der Waals surface area contributed by atoms with E-state index >= 15 is 0 Å². The number of hydrogen-bond acceptors (Lipinski definition) is 0. The molecule has 1 saturated carbocycles. The van der Waals surface area contributed by atoms with Crippen molar-refractivity contribution in [2.45, 2.75) is 44.9 Å². The molecule has 1 nitrogen and oxygen atoms in total. The first-order valence-electron chi connectivity index (χ1n) is 9.88. The lowest BCUT2D eigenvalue weighted by Crippen LogP contribution is -2.31. The highest BCUT2D eigenvalue weighted by molar-refractivity contribution is 5.66. The highest BCUT2D eigenvalue weighted by Crippen LogP contribution is 2.35. The summed E-state index contributed by atoms with van der Waals surface area (Å²) in [5.74, 6) is 0.747. The van der Waals surface area contributed by atoms with Crippen LogP contribution in [0.1, 0.15) is 49.1 Å². The summed E-state index contributed by atoms with van der Waals surface area (Å²) in [6.45, 7) is 2.23. The van der Waals surface area contributed by atoms with E-state index in [2.05, 4.69) is 85.4 Å². The Labute approximate surface area is 157 Å². The summed E-state index contributed by atoms with van der Waals surface area (Å²) in [6.07, 6.45) is 9.12. The van der Waals surface area contributed by atoms with Crippen LogP contribution in [0.25, 0.3) is 22.4 Å². The molecule has 132 valence electrons. The molecule has 0 aliphatic heterocycles. The molecule has 1 fully saturated rings. The standard InChI is InChI=1S/C25H28N/c1-19-13-14-22(20-9-5-3-6-10-20)17-24(19)25-16-15-23(18-26(25)2)21-11-7-4-8-12-21/h4,7-8,11-18,20H,3,5-6,9-10H2,1-2H3/q+1. The molecule has 1 heterocycles. The third kappa shape index (κ3) is 3.44. The second-order valence-corrected chi connectivity index (χ2v) is 7.69. The van der Waals surface area contributed by atoms with Crippen molar-refractivity contribution in [1.82, 2.24) is 0 Å². The second-order valence-electron chi connectivity index (χ2n) is 7.69. The Bertz CT molecular complexity index is 889. The Kier molecular flexibility index (Phi) is 4.88. The van der Waals surface area contributed by atoms with Crippen LogP contribution in [-0.4, -0.2) is 0 Å². The van der Waals surface area contributed by atoms with Crippen molar-refractivity contribution in [2.24, 2.45) is 7.05 Å². The predicted octanol–water partition coefficient (Wildman–Crippen LogP) is 6.20. The van der Waals surface area contributed by atoms with Gasteiger partial charge in [0.25, 0.3) is 0 Å². The molecule has 0 N–H and O–H groups in total. The summed E-state index contributed by atoms with van der Waals surface area (Å²) < 4.78 is 2.27. The smallest absolute Gasteiger partial charge is 0.200 e. The minimum atomic E-state index is 0.747. The van der Waals surface area contributed by atoms with E-state index in [-0.39, 0.29) is 0 Å². The van der Waals surface area contributed by atoms with Gasteiger partial charge in [-0.2, -0.15) is 0 Å². The summed E-state index contributed by atoms with van der Waals surface area (Å²) in [5.41, 5.74) is 8.07. The summed E-state index contributed by atoms with van der Waals surface area (Å²) in [4.78, 5) is 0. The van der Waals surface area contributed by atoms with Gasteiger partial charge in [-0.15, -0.1) is 0 Å². The van der Waals surface area contributed by atoms with Crippen molar-refractivity contribution < 1.29 is 4.57 Å². The van der Waals surface area contributed by atoms with Crippen molar-refractivity contribution in [2.75, 3.05) is 0 Å². The first-order valence-corrected chi connectivity index (χ1v) is 9.88. The molecule has 0 saturated heterocycles. The molecular formula is C25H28N+. The minimum absolute atomic E-state index is 0.747. The minimum Gasteiger partial charge on any atom is -0.200 e. The molecule has 26 heavy (non-hydrogen) atoms. The Morgan fingerprint density at radius 2 is 1.58 bits per heavy atom. The molecule has 1 aliphatic carbocycles. The van der Waals surface area contributed by atoms with Crippen molar-refractivity contribution in [3.63, 3.8) is 0 Å². The lowest BCUT2D eigenvalue weighted by Gasteiger charge is -2.22. The van der Waals surface area contributed by atoms with Gasteiger partial charge >= 0.3 is 0 Å². The SMILES string of the molecule is Cc1ccc(C2CCCCC2)cc1-c1ccc(-c2ccccc2)c[n+]1C. The fourth-order valence-corrected chi connectivity index (χ4v) is 4.29. The van der Waals surface area contributed by atoms with Crippen molar-refractivity contribution in [3.05, 3.63) is 78.0 Å². The van der Waals surface area contributed by atoms with E-state index in [0.717, 1.165) is 5.92 Å². The second kappa shape index (κ2) is 7.45. The molecule has 0 radical (unpaired) electrons. The van der Waals surface area contributed by atoms with Gasteiger partial charge in [0, 0.05) is 17.2 Å². The highest BCUT2D eigenvalue weighted by Gasteiger charge is 2.19. The maximum absolute atomic E-state index is 2.45. The number of benzene rings is 2. The quantitative estimate of drug-likeness (QED) is 0.499. The van der Waals surface area contributed by atoms with Gasteiger partial charge in [0.1, 0.15) is 7.05 Å². The zero-order valence-electron chi connectivity index (χ0n) is 15.9. The van der Waals surface area contributed by atoms with Crippen LogP contribution in [0.4, 0.5) is 0 Å². The van der Waals surface area contributed by atoms with E-state index in [4.69, 9.17) is 0 Å². The first kappa shape index (κ1) is 17.0. The van der Waals surface area contributed by atoms with Gasteiger partial charge in [-0.3, -0.25) is 0 Å². The summed E-state index contributed by atoms with van der Waals surface area (Å²) in [7, 11) is 2.16. The maximum atomic E-state index is 2.45. The van der Waals surface area contributed by atoms with E-state index in [0.29, 0.717) is 0 Å². The van der Waals surface area contributed by atoms with Crippen LogP contribution in [0.5, 0.6) is 0 Å². The van der Waals surface area contributed by atoms with Gasteiger partial charge in [-0.1, -0.05) is 61.7 Å². The number of hydrogen-bond donors (Lipinski definition) is 0. The molecule has 1 aliphatic rings. The van der Waals surface area contributed by atoms with E-state index in [1.165, 1.54) is 65.6 Å². The lowest BCUT2D eigenvalue weighted by atomic mass is 9.83. The Balaban J connectivity index is 1.70. The zero-order valence-corrected chi connectivity index (χ0v) is 15.9. The first-order chi connectivity index (χ1) is 12.7. The van der Waals surface area contributed by atoms with Crippen LogP contribution in [0.15, 0.2) is 66.9 Å². The van der Waals surface area contributed by atoms with Crippen LogP contribution < -0.4 is 4.57 Å². The average molecular weight is 343 g/mol. The molecule has 3 aromatic rings. The van der Waals surface area contributed by atoms with Crippen molar-refractivity contribution in [1.29, 1.82) is 0 Å².